The van der Waals surface area contributed by atoms with Crippen molar-refractivity contribution in [3.63, 3.8) is 0 Å². The summed E-state index contributed by atoms with van der Waals surface area (Å²) in [4.78, 5) is 21.9. The summed E-state index contributed by atoms with van der Waals surface area (Å²) in [6.45, 7) is 0.304. The minimum absolute atomic E-state index is 0. The van der Waals surface area contributed by atoms with Crippen LogP contribution < -0.4 is 34.9 Å². The fourth-order valence-electron chi connectivity index (χ4n) is 0.471. The van der Waals surface area contributed by atoms with E-state index in [-0.39, 0.29) is 48.6 Å². The van der Waals surface area contributed by atoms with Crippen LogP contribution in [0.2, 0.25) is 0 Å². The Morgan fingerprint density at radius 2 is 2.18 bits per heavy atom. The molecule has 11 heavy (non-hydrogen) atoms. The zero-order valence-corrected chi connectivity index (χ0v) is 9.18. The second-order valence-electron chi connectivity index (χ2n) is 1.92. The molecule has 0 saturated carbocycles. The molecule has 0 aromatic heterocycles. The van der Waals surface area contributed by atoms with Gasteiger partial charge in [-0.25, -0.2) is 6.29 Å². The van der Waals surface area contributed by atoms with Gasteiger partial charge in [-0.3, -0.25) is 4.79 Å². The molecule has 5 heteroatoms. The quantitative estimate of drug-likeness (QED) is 0.340. The van der Waals surface area contributed by atoms with E-state index >= 15 is 0 Å². The Hall–Kier alpha value is 0.1000. The molecule has 0 saturated heterocycles. The number of likely N-dealkylation sites (N-methyl/N-ethyl adjacent to an activating group) is 2. The number of nitrogens with zero attached hydrogens (tertiary/aromatic N) is 1. The van der Waals surface area contributed by atoms with E-state index < -0.39 is 0 Å². The standard InChI is InChI=1S/C6H11N2O2.Na/c1-7-5-6(10)8(2)3-4-9;/h7H,3,5H2,1-2H3;/q-1;+1. The van der Waals surface area contributed by atoms with Crippen LogP contribution in [0.1, 0.15) is 0 Å². The Kier molecular flexibility index (Phi) is 10.2. The third-order valence-electron chi connectivity index (χ3n) is 1.06. The molecule has 0 rings (SSSR count). The van der Waals surface area contributed by atoms with E-state index in [1.807, 2.05) is 0 Å². The summed E-state index contributed by atoms with van der Waals surface area (Å²) in [7, 11) is 3.24. The third-order valence-corrected chi connectivity index (χ3v) is 1.06. The van der Waals surface area contributed by atoms with Crippen LogP contribution in [0.15, 0.2) is 0 Å². The van der Waals surface area contributed by atoms with Gasteiger partial charge in [0.15, 0.2) is 0 Å². The van der Waals surface area contributed by atoms with E-state index in [2.05, 4.69) is 5.32 Å². The van der Waals surface area contributed by atoms with Gasteiger partial charge >= 0.3 is 29.6 Å². The second-order valence-corrected chi connectivity index (χ2v) is 1.92. The molecule has 1 N–H and O–H groups in total. The average Bonchev–Trinajstić information content (AvgIpc) is 1.89. The van der Waals surface area contributed by atoms with E-state index in [0.717, 1.165) is 0 Å². The minimum Gasteiger partial charge on any atom is -0.540 e. The molecule has 0 aliphatic rings. The predicted octanol–water partition coefficient (Wildman–Crippen LogP) is -4.22. The van der Waals surface area contributed by atoms with E-state index in [0.29, 0.717) is 0 Å². The second kappa shape index (κ2) is 8.20. The summed E-state index contributed by atoms with van der Waals surface area (Å²) in [6.07, 6.45) is 1.63. The monoisotopic (exact) mass is 166 g/mol. The Morgan fingerprint density at radius 1 is 1.64 bits per heavy atom. The molecule has 0 heterocycles. The molecule has 0 fully saturated rings. The van der Waals surface area contributed by atoms with Gasteiger partial charge in [0.2, 0.25) is 5.91 Å². The molecule has 0 radical (unpaired) electrons. The van der Waals surface area contributed by atoms with Gasteiger partial charge in [0.1, 0.15) is 0 Å². The first-order valence-electron chi connectivity index (χ1n) is 2.96. The molecule has 0 unspecified atom stereocenters. The molecule has 0 aliphatic heterocycles. The summed E-state index contributed by atoms with van der Waals surface area (Å²) < 4.78 is 0. The van der Waals surface area contributed by atoms with Crippen LogP contribution in [0.4, 0.5) is 0 Å². The van der Waals surface area contributed by atoms with Crippen molar-refractivity contribution >= 4 is 12.2 Å². The van der Waals surface area contributed by atoms with E-state index in [9.17, 15) is 9.59 Å². The van der Waals surface area contributed by atoms with Crippen LogP contribution >= 0.6 is 0 Å². The number of nitrogens with one attached hydrogen (secondary N) is 1. The van der Waals surface area contributed by atoms with Gasteiger partial charge in [-0.15, -0.1) is 0 Å². The maximum atomic E-state index is 10.8. The summed E-state index contributed by atoms with van der Waals surface area (Å²) in [5, 5.41) is 2.69. The fourth-order valence-corrected chi connectivity index (χ4v) is 0.471. The first-order valence-corrected chi connectivity index (χ1v) is 2.96. The van der Waals surface area contributed by atoms with Gasteiger partial charge in [-0.1, -0.05) is 6.54 Å². The smallest absolute Gasteiger partial charge is 0.540 e. The van der Waals surface area contributed by atoms with Crippen molar-refractivity contribution in [1.29, 1.82) is 0 Å². The number of hydrogen-bond donors (Lipinski definition) is 1. The Balaban J connectivity index is 0. The van der Waals surface area contributed by atoms with Crippen LogP contribution in [-0.2, 0) is 9.59 Å². The normalized spacial score (nSPS) is 8.18. The first kappa shape index (κ1) is 13.7. The number of rotatable bonds is 4. The fraction of sp³-hybridized carbons (Fsp3) is 0.667. The van der Waals surface area contributed by atoms with Crippen molar-refractivity contribution in [3.05, 3.63) is 0 Å². The zero-order chi connectivity index (χ0) is 7.98. The average molecular weight is 166 g/mol. The SMILES string of the molecule is CNCC(=O)N(C)C[C-]=O.[Na+]. The number of hydrogen-bond acceptors (Lipinski definition) is 3. The van der Waals surface area contributed by atoms with Gasteiger partial charge in [0.25, 0.3) is 0 Å². The molecular weight excluding hydrogens is 155 g/mol. The molecule has 1 amide bonds. The molecule has 0 aromatic carbocycles. The van der Waals surface area contributed by atoms with E-state index in [4.69, 9.17) is 0 Å². The molecule has 58 valence electrons. The Labute approximate surface area is 88.6 Å². The van der Waals surface area contributed by atoms with Crippen LogP contribution in [0.25, 0.3) is 0 Å². The molecule has 0 spiro atoms. The maximum absolute atomic E-state index is 10.8. The number of carbonyl (C=O) groups excluding carboxylic acids is 2. The van der Waals surface area contributed by atoms with Gasteiger partial charge in [-0.2, -0.15) is 0 Å². The van der Waals surface area contributed by atoms with Crippen LogP contribution in [0, 0.1) is 0 Å². The maximum Gasteiger partial charge on any atom is 1.00 e. The van der Waals surface area contributed by atoms with Crippen molar-refractivity contribution in [2.45, 2.75) is 0 Å². The van der Waals surface area contributed by atoms with Gasteiger partial charge in [0, 0.05) is 7.05 Å². The van der Waals surface area contributed by atoms with Crippen LogP contribution in [0.3, 0.4) is 0 Å². The first-order chi connectivity index (χ1) is 4.72. The van der Waals surface area contributed by atoms with Crippen molar-refractivity contribution in [3.8, 4) is 0 Å². The summed E-state index contributed by atoms with van der Waals surface area (Å²) >= 11 is 0. The topological polar surface area (TPSA) is 49.4 Å². The number of amides is 1. The van der Waals surface area contributed by atoms with Crippen LogP contribution in [-0.4, -0.2) is 44.3 Å². The van der Waals surface area contributed by atoms with E-state index in [1.54, 1.807) is 20.4 Å². The Bertz CT molecular complexity index is 130. The third kappa shape index (κ3) is 6.50. The molecule has 0 atom stereocenters. The molecule has 0 aromatic rings. The van der Waals surface area contributed by atoms with Crippen molar-refractivity contribution in [2.24, 2.45) is 0 Å². The van der Waals surface area contributed by atoms with Crippen molar-refractivity contribution in [1.82, 2.24) is 10.2 Å². The Morgan fingerprint density at radius 3 is 2.55 bits per heavy atom. The zero-order valence-electron chi connectivity index (χ0n) is 7.18. The largest absolute Gasteiger partial charge is 1.00 e. The van der Waals surface area contributed by atoms with Gasteiger partial charge in [0.05, 0.1) is 6.54 Å². The van der Waals surface area contributed by atoms with E-state index in [1.165, 1.54) is 4.90 Å². The number of carbonyl (C=O) groups is 1. The van der Waals surface area contributed by atoms with Crippen molar-refractivity contribution < 1.29 is 39.1 Å². The van der Waals surface area contributed by atoms with Crippen LogP contribution in [0.5, 0.6) is 0 Å². The molecule has 0 bridgehead atoms. The van der Waals surface area contributed by atoms with Crippen molar-refractivity contribution in [2.75, 3.05) is 27.2 Å². The minimum atomic E-state index is -0.106. The summed E-state index contributed by atoms with van der Waals surface area (Å²) in [5.41, 5.74) is 0. The van der Waals surface area contributed by atoms with Gasteiger partial charge < -0.3 is 15.0 Å². The van der Waals surface area contributed by atoms with Gasteiger partial charge in [-0.05, 0) is 7.05 Å². The predicted molar refractivity (Wildman–Crippen MR) is 37.3 cm³/mol. The summed E-state index contributed by atoms with van der Waals surface area (Å²) in [5.74, 6) is -0.106. The summed E-state index contributed by atoms with van der Waals surface area (Å²) in [6, 6.07) is 0. The molecule has 4 nitrogen and oxygen atoms in total. The molecule has 0 aliphatic carbocycles. The molecular formula is C6H11N2NaO2.